The zero-order valence-corrected chi connectivity index (χ0v) is 9.89. The molecule has 0 spiro atoms. The normalized spacial score (nSPS) is 29.2. The number of aromatic nitrogens is 2. The number of fused-ring (bicyclic) bond motifs is 1. The second kappa shape index (κ2) is 4.04. The fraction of sp³-hybridized carbons (Fsp3) is 0.692. The van der Waals surface area contributed by atoms with Gasteiger partial charge in [0, 0.05) is 18.8 Å². The van der Waals surface area contributed by atoms with Gasteiger partial charge in [0.2, 0.25) is 0 Å². The van der Waals surface area contributed by atoms with Crippen molar-refractivity contribution in [3.8, 4) is 0 Å². The lowest BCUT2D eigenvalue weighted by atomic mass is 9.85. The van der Waals surface area contributed by atoms with Crippen molar-refractivity contribution in [2.75, 3.05) is 11.4 Å². The molecule has 0 N–H and O–H groups in total. The Bertz CT molecular complexity index is 377. The third-order valence-electron chi connectivity index (χ3n) is 4.05. The summed E-state index contributed by atoms with van der Waals surface area (Å²) in [5, 5.41) is 0. The summed E-state index contributed by atoms with van der Waals surface area (Å²) in [4.78, 5) is 11.4. The molecule has 2 atom stereocenters. The molecule has 2 heterocycles. The molecule has 0 aromatic carbocycles. The molecule has 2 fully saturated rings. The molecule has 2 aliphatic rings. The van der Waals surface area contributed by atoms with Gasteiger partial charge in [-0.3, -0.25) is 4.98 Å². The van der Waals surface area contributed by atoms with Crippen molar-refractivity contribution >= 4 is 5.82 Å². The zero-order chi connectivity index (χ0) is 11.0. The van der Waals surface area contributed by atoms with Crippen LogP contribution in [-0.4, -0.2) is 22.6 Å². The highest BCUT2D eigenvalue weighted by Crippen LogP contribution is 2.37. The average Bonchev–Trinajstić information content (AvgIpc) is 2.72. The molecule has 1 saturated carbocycles. The summed E-state index contributed by atoms with van der Waals surface area (Å²) in [6.45, 7) is 3.19. The van der Waals surface area contributed by atoms with Crippen LogP contribution in [0.2, 0.25) is 0 Å². The van der Waals surface area contributed by atoms with E-state index in [9.17, 15) is 0 Å². The summed E-state index contributed by atoms with van der Waals surface area (Å²) >= 11 is 0. The highest BCUT2D eigenvalue weighted by molar-refractivity contribution is 5.40. The Morgan fingerprint density at radius 3 is 2.94 bits per heavy atom. The molecule has 0 unspecified atom stereocenters. The Balaban J connectivity index is 1.85. The van der Waals surface area contributed by atoms with Gasteiger partial charge in [-0.2, -0.15) is 0 Å². The molecule has 1 aromatic heterocycles. The van der Waals surface area contributed by atoms with Crippen LogP contribution in [0.1, 0.15) is 37.8 Å². The Labute approximate surface area is 96.9 Å². The van der Waals surface area contributed by atoms with E-state index >= 15 is 0 Å². The largest absolute Gasteiger partial charge is 0.352 e. The molecule has 3 rings (SSSR count). The quantitative estimate of drug-likeness (QED) is 0.724. The van der Waals surface area contributed by atoms with Crippen LogP contribution >= 0.6 is 0 Å². The van der Waals surface area contributed by atoms with Crippen molar-refractivity contribution in [1.29, 1.82) is 0 Å². The van der Waals surface area contributed by atoms with Gasteiger partial charge in [-0.1, -0.05) is 12.8 Å². The van der Waals surface area contributed by atoms with Crippen LogP contribution in [0, 0.1) is 12.8 Å². The van der Waals surface area contributed by atoms with Crippen LogP contribution in [0.5, 0.6) is 0 Å². The number of hydrogen-bond donors (Lipinski definition) is 0. The number of nitrogens with zero attached hydrogens (tertiary/aromatic N) is 3. The summed E-state index contributed by atoms with van der Waals surface area (Å²) in [5.74, 6) is 2.01. The average molecular weight is 217 g/mol. The summed E-state index contributed by atoms with van der Waals surface area (Å²) in [5.41, 5.74) is 1.02. The molecule has 0 radical (unpaired) electrons. The lowest BCUT2D eigenvalue weighted by molar-refractivity contribution is 0.341. The van der Waals surface area contributed by atoms with Crippen molar-refractivity contribution < 1.29 is 0 Å². The standard InChI is InChI=1S/C13H19N3/c1-10-8-14-9-13(15-10)16-7-6-11-4-2-3-5-12(11)16/h8-9,11-12H,2-7H2,1H3/t11-,12-/m0/s1. The van der Waals surface area contributed by atoms with E-state index in [0.717, 1.165) is 23.5 Å². The van der Waals surface area contributed by atoms with Crippen LogP contribution in [0.3, 0.4) is 0 Å². The van der Waals surface area contributed by atoms with Gasteiger partial charge in [-0.05, 0) is 32.1 Å². The van der Waals surface area contributed by atoms with Gasteiger partial charge in [0.1, 0.15) is 5.82 Å². The Hall–Kier alpha value is -1.12. The fourth-order valence-electron chi connectivity index (χ4n) is 3.28. The van der Waals surface area contributed by atoms with Crippen LogP contribution in [0.4, 0.5) is 5.82 Å². The molecule has 1 aromatic rings. The number of anilines is 1. The summed E-state index contributed by atoms with van der Waals surface area (Å²) in [6.07, 6.45) is 10.7. The minimum absolute atomic E-state index is 0.741. The predicted molar refractivity (Wildman–Crippen MR) is 64.5 cm³/mol. The van der Waals surface area contributed by atoms with Crippen molar-refractivity contribution in [1.82, 2.24) is 9.97 Å². The maximum atomic E-state index is 4.61. The van der Waals surface area contributed by atoms with Crippen molar-refractivity contribution in [3.05, 3.63) is 18.1 Å². The third-order valence-corrected chi connectivity index (χ3v) is 4.05. The summed E-state index contributed by atoms with van der Waals surface area (Å²) in [6, 6.07) is 0.741. The Morgan fingerprint density at radius 1 is 1.19 bits per heavy atom. The highest BCUT2D eigenvalue weighted by atomic mass is 15.2. The minimum Gasteiger partial charge on any atom is -0.352 e. The second-order valence-corrected chi connectivity index (χ2v) is 5.11. The highest BCUT2D eigenvalue weighted by Gasteiger charge is 2.36. The molecule has 1 aliphatic heterocycles. The molecule has 0 bridgehead atoms. The van der Waals surface area contributed by atoms with Gasteiger partial charge in [-0.25, -0.2) is 4.98 Å². The number of hydrogen-bond acceptors (Lipinski definition) is 3. The summed E-state index contributed by atoms with van der Waals surface area (Å²) in [7, 11) is 0. The van der Waals surface area contributed by atoms with Crippen LogP contribution in [0.25, 0.3) is 0 Å². The third kappa shape index (κ3) is 1.68. The van der Waals surface area contributed by atoms with Gasteiger partial charge >= 0.3 is 0 Å². The van der Waals surface area contributed by atoms with Gasteiger partial charge in [0.05, 0.1) is 11.9 Å². The van der Waals surface area contributed by atoms with E-state index in [1.165, 1.54) is 38.6 Å². The molecule has 16 heavy (non-hydrogen) atoms. The van der Waals surface area contributed by atoms with Gasteiger partial charge in [0.25, 0.3) is 0 Å². The van der Waals surface area contributed by atoms with Gasteiger partial charge < -0.3 is 4.90 Å². The van der Waals surface area contributed by atoms with Crippen LogP contribution in [-0.2, 0) is 0 Å². The maximum absolute atomic E-state index is 4.61. The first kappa shape index (κ1) is 10.1. The molecule has 1 saturated heterocycles. The van der Waals surface area contributed by atoms with E-state index < -0.39 is 0 Å². The number of aryl methyl sites for hydroxylation is 1. The first-order valence-corrected chi connectivity index (χ1v) is 6.40. The van der Waals surface area contributed by atoms with E-state index in [2.05, 4.69) is 14.9 Å². The first-order valence-electron chi connectivity index (χ1n) is 6.40. The van der Waals surface area contributed by atoms with E-state index in [-0.39, 0.29) is 0 Å². The van der Waals surface area contributed by atoms with Crippen molar-refractivity contribution in [2.45, 2.75) is 45.1 Å². The van der Waals surface area contributed by atoms with Gasteiger partial charge in [0.15, 0.2) is 0 Å². The first-order chi connectivity index (χ1) is 7.84. The molecular formula is C13H19N3. The molecule has 1 aliphatic carbocycles. The van der Waals surface area contributed by atoms with E-state index in [0.29, 0.717) is 0 Å². The smallest absolute Gasteiger partial charge is 0.147 e. The SMILES string of the molecule is Cc1cncc(N2CC[C@@H]3CCCC[C@@H]32)n1. The van der Waals surface area contributed by atoms with Crippen molar-refractivity contribution in [3.63, 3.8) is 0 Å². The Morgan fingerprint density at radius 2 is 2.06 bits per heavy atom. The molecule has 0 amide bonds. The topological polar surface area (TPSA) is 29.0 Å². The van der Waals surface area contributed by atoms with E-state index in [1.54, 1.807) is 0 Å². The predicted octanol–water partition coefficient (Wildman–Crippen LogP) is 2.55. The lowest BCUT2D eigenvalue weighted by Crippen LogP contribution is -2.35. The van der Waals surface area contributed by atoms with Crippen LogP contribution in [0.15, 0.2) is 12.4 Å². The molecule has 3 heteroatoms. The molecular weight excluding hydrogens is 198 g/mol. The Kier molecular flexibility index (Phi) is 2.54. The van der Waals surface area contributed by atoms with Crippen molar-refractivity contribution in [2.24, 2.45) is 5.92 Å². The summed E-state index contributed by atoms with van der Waals surface area (Å²) < 4.78 is 0. The molecule has 3 nitrogen and oxygen atoms in total. The van der Waals surface area contributed by atoms with Gasteiger partial charge in [-0.15, -0.1) is 0 Å². The second-order valence-electron chi connectivity index (χ2n) is 5.11. The number of rotatable bonds is 1. The minimum atomic E-state index is 0.741. The molecule has 86 valence electrons. The fourth-order valence-corrected chi connectivity index (χ4v) is 3.28. The van der Waals surface area contributed by atoms with Crippen LogP contribution < -0.4 is 4.90 Å². The van der Waals surface area contributed by atoms with E-state index in [4.69, 9.17) is 0 Å². The maximum Gasteiger partial charge on any atom is 0.147 e. The zero-order valence-electron chi connectivity index (χ0n) is 9.89. The van der Waals surface area contributed by atoms with E-state index in [1.807, 2.05) is 19.3 Å². The monoisotopic (exact) mass is 217 g/mol. The lowest BCUT2D eigenvalue weighted by Gasteiger charge is -2.32.